The minimum absolute atomic E-state index is 0.207. The largest absolute Gasteiger partial charge is 0.381 e. The summed E-state index contributed by atoms with van der Waals surface area (Å²) in [5.74, 6) is -1.19. The number of carbonyl (C=O) groups excluding carboxylic acids is 1. The highest BCUT2D eigenvalue weighted by molar-refractivity contribution is 5.85. The maximum Gasteiger partial charge on any atom is 0.254 e. The first-order valence-electron chi connectivity index (χ1n) is 5.74. The summed E-state index contributed by atoms with van der Waals surface area (Å²) in [6, 6.07) is 4.18. The van der Waals surface area contributed by atoms with E-state index >= 15 is 0 Å². The van der Waals surface area contributed by atoms with E-state index in [2.05, 4.69) is 5.32 Å². The summed E-state index contributed by atoms with van der Waals surface area (Å²) in [6.45, 7) is 0.202. The van der Waals surface area contributed by atoms with E-state index in [0.29, 0.717) is 5.56 Å². The van der Waals surface area contributed by atoms with E-state index in [9.17, 15) is 18.7 Å². The molecule has 0 aliphatic carbocycles. The number of amides is 1. The van der Waals surface area contributed by atoms with E-state index in [0.717, 1.165) is 0 Å². The molecule has 0 saturated heterocycles. The van der Waals surface area contributed by atoms with Gasteiger partial charge in [0.15, 0.2) is 5.60 Å². The lowest BCUT2D eigenvalue weighted by Gasteiger charge is -2.24. The van der Waals surface area contributed by atoms with E-state index in [4.69, 9.17) is 4.74 Å². The van der Waals surface area contributed by atoms with E-state index in [1.54, 1.807) is 0 Å². The van der Waals surface area contributed by atoms with Crippen LogP contribution in [0.5, 0.6) is 0 Å². The summed E-state index contributed by atoms with van der Waals surface area (Å²) in [6.07, 6.45) is 0. The Hall–Kier alpha value is -1.53. The molecule has 0 saturated carbocycles. The Labute approximate surface area is 110 Å². The van der Waals surface area contributed by atoms with Crippen molar-refractivity contribution in [3.8, 4) is 0 Å². The fourth-order valence-electron chi connectivity index (χ4n) is 1.57. The number of benzene rings is 1. The van der Waals surface area contributed by atoms with Gasteiger partial charge in [-0.15, -0.1) is 0 Å². The third-order valence-electron chi connectivity index (χ3n) is 2.65. The Kier molecular flexibility index (Phi) is 5.38. The van der Waals surface area contributed by atoms with E-state index in [-0.39, 0.29) is 6.61 Å². The van der Waals surface area contributed by atoms with Crippen molar-refractivity contribution < 1.29 is 23.4 Å². The molecule has 4 nitrogen and oxygen atoms in total. The normalized spacial score (nSPS) is 15.6. The van der Waals surface area contributed by atoms with Gasteiger partial charge in [0.05, 0.1) is 12.6 Å². The van der Waals surface area contributed by atoms with Crippen LogP contribution in [0, 0.1) is 5.82 Å². The van der Waals surface area contributed by atoms with Crippen molar-refractivity contribution in [1.82, 2.24) is 5.32 Å². The minimum atomic E-state index is -1.75. The molecule has 0 spiro atoms. The average molecular weight is 273 g/mol. The molecule has 0 unspecified atom stereocenters. The Morgan fingerprint density at radius 3 is 2.53 bits per heavy atom. The predicted molar refractivity (Wildman–Crippen MR) is 65.8 cm³/mol. The Bertz CT molecular complexity index is 420. The zero-order valence-electron chi connectivity index (χ0n) is 10.8. The van der Waals surface area contributed by atoms with E-state index < -0.39 is 30.0 Å². The standard InChI is InChI=1S/C13H17F2NO3/c1-13(18,8-19-2)12(17)16-11(7-14)9-3-5-10(15)6-4-9/h3-6,11,18H,7-8H2,1-2H3,(H,16,17)/t11-,13+/m0/s1. The molecule has 1 aromatic rings. The molecular formula is C13H17F2NO3. The van der Waals surface area contributed by atoms with Crippen LogP contribution in [-0.2, 0) is 9.53 Å². The van der Waals surface area contributed by atoms with Crippen LogP contribution < -0.4 is 5.32 Å². The van der Waals surface area contributed by atoms with Crippen molar-refractivity contribution in [1.29, 1.82) is 0 Å². The number of rotatable bonds is 6. The van der Waals surface area contributed by atoms with Crippen LogP contribution in [0.25, 0.3) is 0 Å². The van der Waals surface area contributed by atoms with Crippen molar-refractivity contribution in [3.05, 3.63) is 35.6 Å². The number of alkyl halides is 1. The minimum Gasteiger partial charge on any atom is -0.381 e. The van der Waals surface area contributed by atoms with Crippen LogP contribution in [0.3, 0.4) is 0 Å². The molecule has 0 fully saturated rings. The second-order valence-electron chi connectivity index (χ2n) is 4.44. The Balaban J connectivity index is 2.77. The number of hydrogen-bond acceptors (Lipinski definition) is 3. The third kappa shape index (κ3) is 4.25. The lowest BCUT2D eigenvalue weighted by Crippen LogP contribution is -2.49. The molecule has 0 aromatic heterocycles. The average Bonchev–Trinajstić information content (AvgIpc) is 2.36. The number of hydrogen-bond donors (Lipinski definition) is 2. The van der Waals surface area contributed by atoms with E-state index in [1.165, 1.54) is 38.3 Å². The van der Waals surface area contributed by atoms with Gasteiger partial charge < -0.3 is 15.2 Å². The predicted octanol–water partition coefficient (Wildman–Crippen LogP) is 1.35. The molecule has 2 atom stereocenters. The van der Waals surface area contributed by atoms with Gasteiger partial charge in [0, 0.05) is 7.11 Å². The first-order chi connectivity index (χ1) is 8.90. The molecule has 6 heteroatoms. The van der Waals surface area contributed by atoms with Gasteiger partial charge in [-0.3, -0.25) is 4.79 Å². The highest BCUT2D eigenvalue weighted by Gasteiger charge is 2.32. The molecule has 106 valence electrons. The fourth-order valence-corrected chi connectivity index (χ4v) is 1.57. The molecule has 0 radical (unpaired) electrons. The lowest BCUT2D eigenvalue weighted by molar-refractivity contribution is -0.144. The zero-order valence-corrected chi connectivity index (χ0v) is 10.8. The first kappa shape index (κ1) is 15.5. The Morgan fingerprint density at radius 1 is 1.47 bits per heavy atom. The molecule has 0 aliphatic rings. The summed E-state index contributed by atoms with van der Waals surface area (Å²) in [4.78, 5) is 11.8. The number of carbonyl (C=O) groups is 1. The van der Waals surface area contributed by atoms with Crippen molar-refractivity contribution in [2.75, 3.05) is 20.4 Å². The van der Waals surface area contributed by atoms with Crippen molar-refractivity contribution >= 4 is 5.91 Å². The smallest absolute Gasteiger partial charge is 0.254 e. The maximum atomic E-state index is 13.0. The highest BCUT2D eigenvalue weighted by Crippen LogP contribution is 2.16. The van der Waals surface area contributed by atoms with Gasteiger partial charge in [0.2, 0.25) is 0 Å². The quantitative estimate of drug-likeness (QED) is 0.822. The molecule has 19 heavy (non-hydrogen) atoms. The number of ether oxygens (including phenoxy) is 1. The van der Waals surface area contributed by atoms with Gasteiger partial charge in [0.25, 0.3) is 5.91 Å². The first-order valence-corrected chi connectivity index (χ1v) is 5.74. The van der Waals surface area contributed by atoms with Gasteiger partial charge in [-0.2, -0.15) is 0 Å². The third-order valence-corrected chi connectivity index (χ3v) is 2.65. The second-order valence-corrected chi connectivity index (χ2v) is 4.44. The monoisotopic (exact) mass is 273 g/mol. The molecular weight excluding hydrogens is 256 g/mol. The number of methoxy groups -OCH3 is 1. The summed E-state index contributed by atoms with van der Waals surface area (Å²) in [5, 5.41) is 12.2. The second kappa shape index (κ2) is 6.58. The summed E-state index contributed by atoms with van der Waals surface area (Å²) in [7, 11) is 1.34. The molecule has 1 amide bonds. The SMILES string of the molecule is COC[C@@](C)(O)C(=O)N[C@@H](CF)c1ccc(F)cc1. The topological polar surface area (TPSA) is 58.6 Å². The summed E-state index contributed by atoms with van der Waals surface area (Å²) >= 11 is 0. The maximum absolute atomic E-state index is 13.0. The summed E-state index contributed by atoms with van der Waals surface area (Å²) in [5.41, 5.74) is -1.33. The fraction of sp³-hybridized carbons (Fsp3) is 0.462. The van der Waals surface area contributed by atoms with Crippen LogP contribution in [0.1, 0.15) is 18.5 Å². The molecule has 0 bridgehead atoms. The molecule has 2 N–H and O–H groups in total. The number of halogens is 2. The van der Waals surface area contributed by atoms with Crippen LogP contribution in [0.2, 0.25) is 0 Å². The number of nitrogens with one attached hydrogen (secondary N) is 1. The molecule has 1 aromatic carbocycles. The van der Waals surface area contributed by atoms with Gasteiger partial charge in [0.1, 0.15) is 12.5 Å². The Morgan fingerprint density at radius 2 is 2.05 bits per heavy atom. The van der Waals surface area contributed by atoms with Crippen LogP contribution in [0.4, 0.5) is 8.78 Å². The van der Waals surface area contributed by atoms with Crippen molar-refractivity contribution in [3.63, 3.8) is 0 Å². The van der Waals surface area contributed by atoms with Crippen molar-refractivity contribution in [2.45, 2.75) is 18.6 Å². The van der Waals surface area contributed by atoms with Crippen LogP contribution >= 0.6 is 0 Å². The van der Waals surface area contributed by atoms with Gasteiger partial charge in [-0.05, 0) is 24.6 Å². The molecule has 0 aliphatic heterocycles. The van der Waals surface area contributed by atoms with Gasteiger partial charge in [-0.25, -0.2) is 8.78 Å². The van der Waals surface area contributed by atoms with Crippen LogP contribution in [-0.4, -0.2) is 37.0 Å². The zero-order chi connectivity index (χ0) is 14.5. The highest BCUT2D eigenvalue weighted by atomic mass is 19.1. The van der Waals surface area contributed by atoms with Crippen molar-refractivity contribution in [2.24, 2.45) is 0 Å². The molecule has 0 heterocycles. The summed E-state index contributed by atoms with van der Waals surface area (Å²) < 4.78 is 30.4. The number of aliphatic hydroxyl groups is 1. The van der Waals surface area contributed by atoms with E-state index in [1.807, 2.05) is 0 Å². The van der Waals surface area contributed by atoms with Gasteiger partial charge in [-0.1, -0.05) is 12.1 Å². The van der Waals surface area contributed by atoms with Gasteiger partial charge >= 0.3 is 0 Å². The molecule has 1 rings (SSSR count). The van der Waals surface area contributed by atoms with Crippen LogP contribution in [0.15, 0.2) is 24.3 Å². The lowest BCUT2D eigenvalue weighted by atomic mass is 10.0.